The van der Waals surface area contributed by atoms with Crippen molar-refractivity contribution in [3.05, 3.63) is 57.6 Å². The fraction of sp³-hybridized carbons (Fsp3) is 0.235. The zero-order valence-electron chi connectivity index (χ0n) is 12.6. The predicted molar refractivity (Wildman–Crippen MR) is 88.6 cm³/mol. The fourth-order valence-electron chi connectivity index (χ4n) is 2.41. The Hall–Kier alpha value is -2.05. The summed E-state index contributed by atoms with van der Waals surface area (Å²) in [4.78, 5) is 12.2. The largest absolute Gasteiger partial charge is 0.497 e. The maximum absolute atomic E-state index is 12.2. The van der Waals surface area contributed by atoms with Gasteiger partial charge in [0.1, 0.15) is 11.5 Å². The van der Waals surface area contributed by atoms with Crippen LogP contribution in [-0.2, 0) is 17.9 Å². The van der Waals surface area contributed by atoms with Gasteiger partial charge in [-0.2, -0.15) is 0 Å². The predicted octanol–water partition coefficient (Wildman–Crippen LogP) is 3.25. The van der Waals surface area contributed by atoms with Crippen LogP contribution >= 0.6 is 15.9 Å². The van der Waals surface area contributed by atoms with Gasteiger partial charge in [-0.3, -0.25) is 4.79 Å². The molecule has 0 saturated carbocycles. The van der Waals surface area contributed by atoms with E-state index in [4.69, 9.17) is 14.2 Å². The van der Waals surface area contributed by atoms with Crippen LogP contribution in [0.15, 0.2) is 40.9 Å². The third kappa shape index (κ3) is 3.65. The van der Waals surface area contributed by atoms with Crippen LogP contribution in [0, 0.1) is 0 Å². The van der Waals surface area contributed by atoms with Gasteiger partial charge in [0.25, 0.3) is 5.91 Å². The third-order valence-electron chi connectivity index (χ3n) is 3.54. The van der Waals surface area contributed by atoms with Gasteiger partial charge in [0.15, 0.2) is 6.79 Å². The highest BCUT2D eigenvalue weighted by Crippen LogP contribution is 2.31. The van der Waals surface area contributed by atoms with Crippen LogP contribution in [0.5, 0.6) is 11.5 Å². The summed E-state index contributed by atoms with van der Waals surface area (Å²) in [6.07, 6.45) is 0. The molecule has 0 aromatic heterocycles. The van der Waals surface area contributed by atoms with Crippen molar-refractivity contribution in [2.24, 2.45) is 0 Å². The van der Waals surface area contributed by atoms with Crippen LogP contribution < -0.4 is 14.8 Å². The highest BCUT2D eigenvalue weighted by atomic mass is 79.9. The lowest BCUT2D eigenvalue weighted by molar-refractivity contribution is -0.0171. The molecular weight excluding hydrogens is 362 g/mol. The summed E-state index contributed by atoms with van der Waals surface area (Å²) < 4.78 is 16.9. The van der Waals surface area contributed by atoms with E-state index in [0.717, 1.165) is 27.1 Å². The number of methoxy groups -OCH3 is 1. The molecule has 0 atom stereocenters. The van der Waals surface area contributed by atoms with Crippen molar-refractivity contribution >= 4 is 21.8 Å². The second kappa shape index (κ2) is 7.02. The van der Waals surface area contributed by atoms with Crippen LogP contribution in [-0.4, -0.2) is 19.8 Å². The summed E-state index contributed by atoms with van der Waals surface area (Å²) in [5, 5.41) is 2.91. The van der Waals surface area contributed by atoms with Crippen molar-refractivity contribution in [1.29, 1.82) is 0 Å². The first kappa shape index (κ1) is 15.8. The first-order chi connectivity index (χ1) is 11.2. The lowest BCUT2D eigenvalue weighted by Crippen LogP contribution is -2.24. The maximum Gasteiger partial charge on any atom is 0.251 e. The summed E-state index contributed by atoms with van der Waals surface area (Å²) in [6, 6.07) is 10.9. The number of fused-ring (bicyclic) bond motifs is 1. The fourth-order valence-corrected chi connectivity index (χ4v) is 2.96. The van der Waals surface area contributed by atoms with E-state index in [2.05, 4.69) is 21.2 Å². The summed E-state index contributed by atoms with van der Waals surface area (Å²) in [5.41, 5.74) is 2.47. The van der Waals surface area contributed by atoms with E-state index in [0.29, 0.717) is 18.7 Å². The van der Waals surface area contributed by atoms with Crippen molar-refractivity contribution in [2.75, 3.05) is 13.9 Å². The summed E-state index contributed by atoms with van der Waals surface area (Å²) in [6.45, 7) is 1.12. The van der Waals surface area contributed by atoms with Gasteiger partial charge in [0.05, 0.1) is 13.7 Å². The quantitative estimate of drug-likeness (QED) is 0.888. The smallest absolute Gasteiger partial charge is 0.251 e. The molecule has 1 aliphatic heterocycles. The molecule has 1 aliphatic rings. The molecule has 1 amide bonds. The number of ether oxygens (including phenoxy) is 3. The van der Waals surface area contributed by atoms with E-state index in [1.807, 2.05) is 12.1 Å². The Morgan fingerprint density at radius 1 is 1.30 bits per heavy atom. The molecule has 0 saturated heterocycles. The molecule has 0 fully saturated rings. The normalized spacial score (nSPS) is 13.0. The van der Waals surface area contributed by atoms with Crippen molar-refractivity contribution < 1.29 is 19.0 Å². The Kier molecular flexibility index (Phi) is 4.83. The monoisotopic (exact) mass is 377 g/mol. The van der Waals surface area contributed by atoms with E-state index in [9.17, 15) is 4.79 Å². The highest BCUT2D eigenvalue weighted by molar-refractivity contribution is 9.10. The Morgan fingerprint density at radius 3 is 2.83 bits per heavy atom. The van der Waals surface area contributed by atoms with Crippen molar-refractivity contribution in [1.82, 2.24) is 5.32 Å². The molecule has 0 spiro atoms. The molecule has 1 heterocycles. The molecular formula is C17H16BrNO4. The summed E-state index contributed by atoms with van der Waals surface area (Å²) >= 11 is 3.47. The van der Waals surface area contributed by atoms with Gasteiger partial charge < -0.3 is 19.5 Å². The Morgan fingerprint density at radius 2 is 2.09 bits per heavy atom. The minimum Gasteiger partial charge on any atom is -0.497 e. The van der Waals surface area contributed by atoms with E-state index in [1.165, 1.54) is 0 Å². The molecule has 6 heteroatoms. The van der Waals surface area contributed by atoms with Gasteiger partial charge in [-0.15, -0.1) is 0 Å². The van der Waals surface area contributed by atoms with Crippen LogP contribution in [0.1, 0.15) is 21.5 Å². The number of carbonyl (C=O) groups excluding carboxylic acids is 1. The van der Waals surface area contributed by atoms with Crippen molar-refractivity contribution in [2.45, 2.75) is 13.2 Å². The number of hydrogen-bond acceptors (Lipinski definition) is 4. The zero-order chi connectivity index (χ0) is 16.2. The number of halogens is 1. The number of hydrogen-bond donors (Lipinski definition) is 1. The third-order valence-corrected chi connectivity index (χ3v) is 4.00. The average Bonchev–Trinajstić information content (AvgIpc) is 2.59. The number of carbonyl (C=O) groups is 1. The maximum atomic E-state index is 12.2. The highest BCUT2D eigenvalue weighted by Gasteiger charge is 2.17. The minimum atomic E-state index is -0.145. The molecule has 1 N–H and O–H groups in total. The molecule has 23 heavy (non-hydrogen) atoms. The Labute approximate surface area is 142 Å². The van der Waals surface area contributed by atoms with Gasteiger partial charge in [-0.05, 0) is 36.4 Å². The SMILES string of the molecule is COc1ccc(C(=O)NCc2cc(Br)cc3c2OCOC3)cc1. The van der Waals surface area contributed by atoms with Gasteiger partial charge >= 0.3 is 0 Å². The number of rotatable bonds is 4. The first-order valence-electron chi connectivity index (χ1n) is 7.11. The minimum absolute atomic E-state index is 0.145. The Bertz CT molecular complexity index is 715. The van der Waals surface area contributed by atoms with E-state index < -0.39 is 0 Å². The lowest BCUT2D eigenvalue weighted by Gasteiger charge is -2.21. The van der Waals surface area contributed by atoms with Gasteiger partial charge in [0, 0.05) is 27.7 Å². The van der Waals surface area contributed by atoms with Gasteiger partial charge in [-0.1, -0.05) is 15.9 Å². The number of benzene rings is 2. The van der Waals surface area contributed by atoms with E-state index >= 15 is 0 Å². The molecule has 120 valence electrons. The Balaban J connectivity index is 1.72. The second-order valence-corrected chi connectivity index (χ2v) is 5.99. The zero-order valence-corrected chi connectivity index (χ0v) is 14.2. The molecule has 2 aromatic carbocycles. The van der Waals surface area contributed by atoms with Crippen LogP contribution in [0.25, 0.3) is 0 Å². The number of nitrogens with one attached hydrogen (secondary N) is 1. The molecule has 0 aliphatic carbocycles. The summed E-state index contributed by atoms with van der Waals surface area (Å²) in [5.74, 6) is 1.36. The van der Waals surface area contributed by atoms with E-state index in [1.54, 1.807) is 31.4 Å². The lowest BCUT2D eigenvalue weighted by atomic mass is 10.1. The van der Waals surface area contributed by atoms with Crippen LogP contribution in [0.2, 0.25) is 0 Å². The van der Waals surface area contributed by atoms with Crippen molar-refractivity contribution in [3.63, 3.8) is 0 Å². The van der Waals surface area contributed by atoms with E-state index in [-0.39, 0.29) is 12.7 Å². The van der Waals surface area contributed by atoms with Crippen LogP contribution in [0.4, 0.5) is 0 Å². The number of amides is 1. The second-order valence-electron chi connectivity index (χ2n) is 5.07. The molecule has 0 unspecified atom stereocenters. The van der Waals surface area contributed by atoms with Crippen molar-refractivity contribution in [3.8, 4) is 11.5 Å². The van der Waals surface area contributed by atoms with Gasteiger partial charge in [0.2, 0.25) is 0 Å². The molecule has 2 aromatic rings. The first-order valence-corrected chi connectivity index (χ1v) is 7.91. The van der Waals surface area contributed by atoms with Crippen LogP contribution in [0.3, 0.4) is 0 Å². The molecule has 0 radical (unpaired) electrons. The summed E-state index contributed by atoms with van der Waals surface area (Å²) in [7, 11) is 1.59. The van der Waals surface area contributed by atoms with Gasteiger partial charge in [-0.25, -0.2) is 0 Å². The average molecular weight is 378 g/mol. The molecule has 0 bridgehead atoms. The molecule has 3 rings (SSSR count). The molecule has 5 nitrogen and oxygen atoms in total. The standard InChI is InChI=1S/C17H16BrNO4/c1-21-15-4-2-11(3-5-15)17(20)19-8-12-6-14(18)7-13-9-22-10-23-16(12)13/h2-7H,8-10H2,1H3,(H,19,20). The topological polar surface area (TPSA) is 56.8 Å².